The summed E-state index contributed by atoms with van der Waals surface area (Å²) in [5, 5.41) is 3.12. The number of amides is 1. The van der Waals surface area contributed by atoms with E-state index in [9.17, 15) is 4.79 Å². The first kappa shape index (κ1) is 22.7. The molecule has 1 fully saturated rings. The summed E-state index contributed by atoms with van der Waals surface area (Å²) in [4.78, 5) is 17.9. The highest BCUT2D eigenvalue weighted by molar-refractivity contribution is 6.35. The molecule has 1 atom stereocenters. The first-order valence-corrected chi connectivity index (χ1v) is 11.2. The molecule has 1 saturated heterocycles. The van der Waals surface area contributed by atoms with Crippen molar-refractivity contribution in [1.82, 2.24) is 15.2 Å². The zero-order valence-corrected chi connectivity index (χ0v) is 19.6. The van der Waals surface area contributed by atoms with E-state index in [1.165, 1.54) is 0 Å². The maximum absolute atomic E-state index is 13.4. The number of nitrogens with zero attached hydrogens (tertiary/aromatic N) is 2. The van der Waals surface area contributed by atoms with Gasteiger partial charge in [0, 0.05) is 36.2 Å². The molecular formula is C24H26Cl2N4O2. The molecule has 3 aromatic carbocycles. The first-order chi connectivity index (χ1) is 15.4. The van der Waals surface area contributed by atoms with Crippen molar-refractivity contribution in [3.63, 3.8) is 0 Å². The maximum Gasteiger partial charge on any atom is 0.260 e. The Balaban J connectivity index is 1.60. The zero-order valence-electron chi connectivity index (χ0n) is 18.1. The van der Waals surface area contributed by atoms with Crippen molar-refractivity contribution in [1.29, 1.82) is 0 Å². The average Bonchev–Trinajstić information content (AvgIpc) is 2.78. The molecule has 0 spiro atoms. The third-order valence-electron chi connectivity index (χ3n) is 5.73. The van der Waals surface area contributed by atoms with Gasteiger partial charge in [-0.15, -0.1) is 0 Å². The number of hydrogen-bond acceptors (Lipinski definition) is 5. The number of halogens is 2. The predicted molar refractivity (Wildman–Crippen MR) is 131 cm³/mol. The lowest BCUT2D eigenvalue weighted by Gasteiger charge is -2.37. The number of likely N-dealkylation sites (N-methyl/N-ethyl adjacent to an activating group) is 1. The Bertz CT molecular complexity index is 1100. The molecule has 4 rings (SSSR count). The van der Waals surface area contributed by atoms with Crippen LogP contribution in [0.15, 0.2) is 54.6 Å². The fourth-order valence-corrected chi connectivity index (χ4v) is 4.50. The second-order valence-corrected chi connectivity index (χ2v) is 8.86. The van der Waals surface area contributed by atoms with Gasteiger partial charge in [0.1, 0.15) is 11.8 Å². The number of carbonyl (C=O) groups excluding carboxylic acids is 1. The third kappa shape index (κ3) is 5.27. The minimum Gasteiger partial charge on any atom is -0.497 e. The summed E-state index contributed by atoms with van der Waals surface area (Å²) in [5.41, 5.74) is 7.36. The Labute approximate surface area is 198 Å². The van der Waals surface area contributed by atoms with Crippen LogP contribution in [0.3, 0.4) is 0 Å². The quantitative estimate of drug-likeness (QED) is 0.513. The number of piperazine rings is 1. The molecule has 1 unspecified atom stereocenters. The van der Waals surface area contributed by atoms with Gasteiger partial charge >= 0.3 is 0 Å². The largest absolute Gasteiger partial charge is 0.497 e. The van der Waals surface area contributed by atoms with Crippen LogP contribution in [-0.4, -0.2) is 56.0 Å². The number of carbonyl (C=O) groups is 1. The highest BCUT2D eigenvalue weighted by Gasteiger charge is 2.30. The van der Waals surface area contributed by atoms with E-state index in [4.69, 9.17) is 27.9 Å². The van der Waals surface area contributed by atoms with E-state index >= 15 is 0 Å². The first-order valence-electron chi connectivity index (χ1n) is 10.5. The Morgan fingerprint density at radius 2 is 1.59 bits per heavy atom. The van der Waals surface area contributed by atoms with Gasteiger partial charge in [-0.3, -0.25) is 20.5 Å². The standard InChI is InChI=1S/C24H26Cl2N4O2/c1-29-7-9-30(10-8-29)23(24(31)28-27-21-14-19(25)13-20(26)15-21)18-4-3-17-12-22(32-2)6-5-16(17)11-18/h3-6,11-15,23,27H,7-10H2,1-2H3,(H,28,31). The molecule has 1 aliphatic heterocycles. The smallest absolute Gasteiger partial charge is 0.260 e. The number of methoxy groups -OCH3 is 1. The molecule has 168 valence electrons. The van der Waals surface area contributed by atoms with Gasteiger partial charge in [0.2, 0.25) is 0 Å². The molecule has 3 aromatic rings. The lowest BCUT2D eigenvalue weighted by Crippen LogP contribution is -2.50. The second-order valence-electron chi connectivity index (χ2n) is 7.99. The van der Waals surface area contributed by atoms with Crippen molar-refractivity contribution < 1.29 is 9.53 Å². The van der Waals surface area contributed by atoms with E-state index in [1.54, 1.807) is 25.3 Å². The van der Waals surface area contributed by atoms with Crippen molar-refractivity contribution in [2.24, 2.45) is 0 Å². The topological polar surface area (TPSA) is 56.8 Å². The predicted octanol–water partition coefficient (Wildman–Crippen LogP) is 4.59. The number of hydrazine groups is 1. The SMILES string of the molecule is COc1ccc2cc(C(C(=O)NNc3cc(Cl)cc(Cl)c3)N3CCN(C)CC3)ccc2c1. The van der Waals surface area contributed by atoms with E-state index in [0.717, 1.165) is 48.3 Å². The molecule has 0 saturated carbocycles. The average molecular weight is 473 g/mol. The van der Waals surface area contributed by atoms with Gasteiger partial charge in [-0.1, -0.05) is 41.4 Å². The zero-order chi connectivity index (χ0) is 22.7. The summed E-state index contributed by atoms with van der Waals surface area (Å²) in [7, 11) is 3.75. The molecule has 1 heterocycles. The Morgan fingerprint density at radius 3 is 2.28 bits per heavy atom. The van der Waals surface area contributed by atoms with Crippen LogP contribution in [-0.2, 0) is 4.79 Å². The lowest BCUT2D eigenvalue weighted by atomic mass is 9.99. The van der Waals surface area contributed by atoms with Gasteiger partial charge < -0.3 is 9.64 Å². The van der Waals surface area contributed by atoms with Crippen LogP contribution in [0.1, 0.15) is 11.6 Å². The van der Waals surface area contributed by atoms with E-state index < -0.39 is 6.04 Å². The molecule has 0 bridgehead atoms. The normalized spacial score (nSPS) is 16.0. The molecule has 1 aliphatic rings. The molecule has 0 aromatic heterocycles. The maximum atomic E-state index is 13.4. The minimum atomic E-state index is -0.433. The van der Waals surface area contributed by atoms with Crippen LogP contribution in [0.5, 0.6) is 5.75 Å². The second kappa shape index (κ2) is 9.96. The summed E-state index contributed by atoms with van der Waals surface area (Å²) < 4.78 is 5.33. The number of nitrogens with one attached hydrogen (secondary N) is 2. The molecule has 6 nitrogen and oxygen atoms in total. The van der Waals surface area contributed by atoms with Crippen molar-refractivity contribution in [3.8, 4) is 5.75 Å². The molecule has 1 amide bonds. The summed E-state index contributed by atoms with van der Waals surface area (Å²) in [6.45, 7) is 3.42. The Morgan fingerprint density at radius 1 is 0.938 bits per heavy atom. The van der Waals surface area contributed by atoms with Crippen LogP contribution in [0.4, 0.5) is 5.69 Å². The summed E-state index contributed by atoms with van der Waals surface area (Å²) in [6.07, 6.45) is 0. The van der Waals surface area contributed by atoms with Gasteiger partial charge in [-0.05, 0) is 59.8 Å². The molecule has 0 aliphatic carbocycles. The Kier molecular flexibility index (Phi) is 7.06. The number of hydrogen-bond donors (Lipinski definition) is 2. The number of anilines is 1. The molecular weight excluding hydrogens is 447 g/mol. The van der Waals surface area contributed by atoms with Crippen molar-refractivity contribution >= 4 is 45.6 Å². The van der Waals surface area contributed by atoms with Crippen molar-refractivity contribution in [3.05, 3.63) is 70.2 Å². The van der Waals surface area contributed by atoms with Crippen LogP contribution in [0, 0.1) is 0 Å². The molecule has 8 heteroatoms. The third-order valence-corrected chi connectivity index (χ3v) is 6.17. The van der Waals surface area contributed by atoms with Crippen LogP contribution in [0.25, 0.3) is 10.8 Å². The van der Waals surface area contributed by atoms with E-state index in [1.807, 2.05) is 30.3 Å². The lowest BCUT2D eigenvalue weighted by molar-refractivity contribution is -0.126. The molecule has 0 radical (unpaired) electrons. The highest BCUT2D eigenvalue weighted by Crippen LogP contribution is 2.28. The fraction of sp³-hybridized carbons (Fsp3) is 0.292. The monoisotopic (exact) mass is 472 g/mol. The van der Waals surface area contributed by atoms with E-state index in [-0.39, 0.29) is 5.91 Å². The van der Waals surface area contributed by atoms with Gasteiger partial charge in [-0.2, -0.15) is 0 Å². The van der Waals surface area contributed by atoms with Gasteiger partial charge in [0.05, 0.1) is 12.8 Å². The number of ether oxygens (including phenoxy) is 1. The van der Waals surface area contributed by atoms with Crippen molar-refractivity contribution in [2.75, 3.05) is 45.8 Å². The summed E-state index contributed by atoms with van der Waals surface area (Å²) in [6, 6.07) is 16.7. The van der Waals surface area contributed by atoms with E-state index in [0.29, 0.717) is 15.7 Å². The van der Waals surface area contributed by atoms with Gasteiger partial charge in [0.15, 0.2) is 0 Å². The Hall–Kier alpha value is -2.51. The number of rotatable bonds is 6. The minimum absolute atomic E-state index is 0.140. The van der Waals surface area contributed by atoms with Crippen molar-refractivity contribution in [2.45, 2.75) is 6.04 Å². The molecule has 32 heavy (non-hydrogen) atoms. The number of benzene rings is 3. The summed E-state index contributed by atoms with van der Waals surface area (Å²) >= 11 is 12.2. The van der Waals surface area contributed by atoms with Gasteiger partial charge in [0.25, 0.3) is 5.91 Å². The van der Waals surface area contributed by atoms with E-state index in [2.05, 4.69) is 33.8 Å². The van der Waals surface area contributed by atoms with Gasteiger partial charge in [-0.25, -0.2) is 0 Å². The van der Waals surface area contributed by atoms with Crippen LogP contribution >= 0.6 is 23.2 Å². The number of fused-ring (bicyclic) bond motifs is 1. The van der Waals surface area contributed by atoms with Crippen LogP contribution < -0.4 is 15.6 Å². The molecule has 2 N–H and O–H groups in total. The van der Waals surface area contributed by atoms with Crippen LogP contribution in [0.2, 0.25) is 10.0 Å². The summed E-state index contributed by atoms with van der Waals surface area (Å²) in [5.74, 6) is 0.668. The fourth-order valence-electron chi connectivity index (χ4n) is 3.98. The highest BCUT2D eigenvalue weighted by atomic mass is 35.5.